The average molecular weight is 272 g/mol. The van der Waals surface area contributed by atoms with Crippen LogP contribution in [0.2, 0.25) is 0 Å². The van der Waals surface area contributed by atoms with Crippen LogP contribution in [0.25, 0.3) is 0 Å². The number of benzene rings is 2. The molecule has 2 aromatic rings. The molecular weight excluding hydrogens is 256 g/mol. The monoisotopic (exact) mass is 272 g/mol. The zero-order valence-corrected chi connectivity index (χ0v) is 11.5. The van der Waals surface area contributed by atoms with Crippen LogP contribution in [-0.4, -0.2) is 12.1 Å². The highest BCUT2D eigenvalue weighted by atomic mass is 32.1. The lowest BCUT2D eigenvalue weighted by Crippen LogP contribution is -2.13. The molecule has 0 aliphatic carbocycles. The van der Waals surface area contributed by atoms with E-state index >= 15 is 0 Å². The molecule has 0 heterocycles. The SMILES string of the molecule is COc1ccccc1CNc1ccccc1C(N)=S. The maximum Gasteiger partial charge on any atom is 0.123 e. The maximum absolute atomic E-state index is 5.71. The summed E-state index contributed by atoms with van der Waals surface area (Å²) in [5, 5.41) is 3.34. The molecule has 3 N–H and O–H groups in total. The number of methoxy groups -OCH3 is 1. The van der Waals surface area contributed by atoms with Gasteiger partial charge in [-0.05, 0) is 18.2 Å². The zero-order valence-electron chi connectivity index (χ0n) is 10.7. The van der Waals surface area contributed by atoms with Crippen molar-refractivity contribution in [2.75, 3.05) is 12.4 Å². The summed E-state index contributed by atoms with van der Waals surface area (Å²) >= 11 is 5.04. The van der Waals surface area contributed by atoms with Gasteiger partial charge in [0.05, 0.1) is 7.11 Å². The first-order valence-corrected chi connectivity index (χ1v) is 6.38. The summed E-state index contributed by atoms with van der Waals surface area (Å²) in [6, 6.07) is 15.6. The van der Waals surface area contributed by atoms with Gasteiger partial charge in [-0.3, -0.25) is 0 Å². The Labute approximate surface area is 118 Å². The predicted octanol–water partition coefficient (Wildman–Crippen LogP) is 2.94. The van der Waals surface area contributed by atoms with Crippen LogP contribution in [0.5, 0.6) is 5.75 Å². The topological polar surface area (TPSA) is 47.3 Å². The van der Waals surface area contributed by atoms with Gasteiger partial charge < -0.3 is 15.8 Å². The van der Waals surface area contributed by atoms with E-state index in [1.807, 2.05) is 48.5 Å². The maximum atomic E-state index is 5.71. The van der Waals surface area contributed by atoms with Crippen molar-refractivity contribution in [3.8, 4) is 5.75 Å². The number of thiocarbonyl (C=S) groups is 1. The summed E-state index contributed by atoms with van der Waals surface area (Å²) in [5.41, 5.74) is 8.58. The Hall–Kier alpha value is -2.07. The van der Waals surface area contributed by atoms with Gasteiger partial charge in [0.1, 0.15) is 10.7 Å². The van der Waals surface area contributed by atoms with Gasteiger partial charge in [0, 0.05) is 23.4 Å². The van der Waals surface area contributed by atoms with Gasteiger partial charge in [-0.15, -0.1) is 0 Å². The summed E-state index contributed by atoms with van der Waals surface area (Å²) in [6.45, 7) is 0.656. The second-order valence-electron chi connectivity index (χ2n) is 4.08. The van der Waals surface area contributed by atoms with Crippen molar-refractivity contribution in [2.45, 2.75) is 6.54 Å². The highest BCUT2D eigenvalue weighted by Crippen LogP contribution is 2.20. The van der Waals surface area contributed by atoms with Gasteiger partial charge in [0.15, 0.2) is 0 Å². The van der Waals surface area contributed by atoms with Crippen molar-refractivity contribution in [1.29, 1.82) is 0 Å². The summed E-state index contributed by atoms with van der Waals surface area (Å²) in [5.74, 6) is 0.864. The lowest BCUT2D eigenvalue weighted by atomic mass is 10.1. The summed E-state index contributed by atoms with van der Waals surface area (Å²) < 4.78 is 5.32. The molecule has 0 bridgehead atoms. The molecular formula is C15H16N2OS. The molecule has 3 nitrogen and oxygen atoms in total. The standard InChI is InChI=1S/C15H16N2OS/c1-18-14-9-5-2-6-11(14)10-17-13-8-4-3-7-12(13)15(16)19/h2-9,17H,10H2,1H3,(H2,16,19). The molecule has 98 valence electrons. The summed E-state index contributed by atoms with van der Waals surface area (Å²) in [6.07, 6.45) is 0. The predicted molar refractivity (Wildman–Crippen MR) is 82.7 cm³/mol. The van der Waals surface area contributed by atoms with E-state index in [0.717, 1.165) is 22.6 Å². The van der Waals surface area contributed by atoms with Gasteiger partial charge in [0.25, 0.3) is 0 Å². The highest BCUT2D eigenvalue weighted by Gasteiger charge is 2.05. The van der Waals surface area contributed by atoms with Crippen LogP contribution in [0.3, 0.4) is 0 Å². The average Bonchev–Trinajstić information content (AvgIpc) is 2.45. The molecule has 0 amide bonds. The number of hydrogen-bond donors (Lipinski definition) is 2. The number of hydrogen-bond acceptors (Lipinski definition) is 3. The first kappa shape index (κ1) is 13.4. The molecule has 2 rings (SSSR count). The Kier molecular flexibility index (Phi) is 4.36. The molecule has 0 saturated carbocycles. The van der Waals surface area contributed by atoms with Gasteiger partial charge >= 0.3 is 0 Å². The van der Waals surface area contributed by atoms with Crippen molar-refractivity contribution >= 4 is 22.9 Å². The molecule has 0 aliphatic rings. The second-order valence-corrected chi connectivity index (χ2v) is 4.52. The van der Waals surface area contributed by atoms with E-state index in [1.54, 1.807) is 7.11 Å². The van der Waals surface area contributed by atoms with E-state index < -0.39 is 0 Å². The van der Waals surface area contributed by atoms with Crippen LogP contribution in [0.15, 0.2) is 48.5 Å². The lowest BCUT2D eigenvalue weighted by molar-refractivity contribution is 0.410. The van der Waals surface area contributed by atoms with E-state index in [1.165, 1.54) is 0 Å². The van der Waals surface area contributed by atoms with Crippen LogP contribution in [0.1, 0.15) is 11.1 Å². The molecule has 2 aromatic carbocycles. The number of para-hydroxylation sites is 2. The molecule has 0 spiro atoms. The van der Waals surface area contributed by atoms with Gasteiger partial charge in [-0.2, -0.15) is 0 Å². The van der Waals surface area contributed by atoms with E-state index in [-0.39, 0.29) is 0 Å². The van der Waals surface area contributed by atoms with Gasteiger partial charge in [0.2, 0.25) is 0 Å². The lowest BCUT2D eigenvalue weighted by Gasteiger charge is -2.13. The molecule has 0 aliphatic heterocycles. The number of anilines is 1. The van der Waals surface area contributed by atoms with E-state index in [2.05, 4.69) is 5.32 Å². The van der Waals surface area contributed by atoms with Crippen molar-refractivity contribution in [3.05, 3.63) is 59.7 Å². The molecule has 0 unspecified atom stereocenters. The molecule has 0 saturated heterocycles. The Morgan fingerprint density at radius 1 is 1.16 bits per heavy atom. The summed E-state index contributed by atoms with van der Waals surface area (Å²) in [4.78, 5) is 0.392. The van der Waals surface area contributed by atoms with Gasteiger partial charge in [-0.25, -0.2) is 0 Å². The fraction of sp³-hybridized carbons (Fsp3) is 0.133. The van der Waals surface area contributed by atoms with Crippen LogP contribution in [0.4, 0.5) is 5.69 Å². The third-order valence-corrected chi connectivity index (χ3v) is 3.07. The van der Waals surface area contributed by atoms with Crippen molar-refractivity contribution in [3.63, 3.8) is 0 Å². The molecule has 0 fully saturated rings. The quantitative estimate of drug-likeness (QED) is 0.822. The first-order chi connectivity index (χ1) is 9.22. The molecule has 0 radical (unpaired) electrons. The Balaban J connectivity index is 2.17. The Morgan fingerprint density at radius 3 is 2.58 bits per heavy atom. The minimum absolute atomic E-state index is 0.392. The van der Waals surface area contributed by atoms with E-state index in [0.29, 0.717) is 11.5 Å². The molecule has 4 heteroatoms. The fourth-order valence-corrected chi connectivity index (χ4v) is 2.07. The van der Waals surface area contributed by atoms with Crippen LogP contribution in [-0.2, 0) is 6.54 Å². The normalized spacial score (nSPS) is 9.95. The smallest absolute Gasteiger partial charge is 0.123 e. The molecule has 0 aromatic heterocycles. The third kappa shape index (κ3) is 3.23. The largest absolute Gasteiger partial charge is 0.496 e. The van der Waals surface area contributed by atoms with Crippen LogP contribution < -0.4 is 15.8 Å². The Morgan fingerprint density at radius 2 is 1.84 bits per heavy atom. The van der Waals surface area contributed by atoms with E-state index in [9.17, 15) is 0 Å². The van der Waals surface area contributed by atoms with Crippen LogP contribution in [0, 0.1) is 0 Å². The number of ether oxygens (including phenoxy) is 1. The zero-order chi connectivity index (χ0) is 13.7. The van der Waals surface area contributed by atoms with Crippen molar-refractivity contribution < 1.29 is 4.74 Å². The minimum atomic E-state index is 0.392. The molecule has 19 heavy (non-hydrogen) atoms. The molecule has 0 atom stereocenters. The second kappa shape index (κ2) is 6.20. The number of rotatable bonds is 5. The summed E-state index contributed by atoms with van der Waals surface area (Å²) in [7, 11) is 1.67. The fourth-order valence-electron chi connectivity index (χ4n) is 1.89. The Bertz CT molecular complexity index is 584. The number of nitrogens with two attached hydrogens (primary N) is 1. The number of nitrogens with one attached hydrogen (secondary N) is 1. The van der Waals surface area contributed by atoms with Crippen molar-refractivity contribution in [2.24, 2.45) is 5.73 Å². The first-order valence-electron chi connectivity index (χ1n) is 5.97. The van der Waals surface area contributed by atoms with Gasteiger partial charge in [-0.1, -0.05) is 42.5 Å². The third-order valence-electron chi connectivity index (χ3n) is 2.85. The van der Waals surface area contributed by atoms with Crippen LogP contribution >= 0.6 is 12.2 Å². The van der Waals surface area contributed by atoms with Crippen molar-refractivity contribution in [1.82, 2.24) is 0 Å². The minimum Gasteiger partial charge on any atom is -0.496 e. The highest BCUT2D eigenvalue weighted by molar-refractivity contribution is 7.80. The van der Waals surface area contributed by atoms with E-state index in [4.69, 9.17) is 22.7 Å².